The van der Waals surface area contributed by atoms with Crippen molar-refractivity contribution in [2.24, 2.45) is 4.99 Å². The van der Waals surface area contributed by atoms with Gasteiger partial charge in [-0.1, -0.05) is 0 Å². The molecule has 0 aromatic heterocycles. The first-order valence-electron chi connectivity index (χ1n) is 8.67. The predicted octanol–water partition coefficient (Wildman–Crippen LogP) is 1.85. The van der Waals surface area contributed by atoms with Crippen molar-refractivity contribution in [2.75, 3.05) is 40.4 Å². The van der Waals surface area contributed by atoms with Crippen LogP contribution in [0, 0.1) is 0 Å². The van der Waals surface area contributed by atoms with Crippen LogP contribution in [0.3, 0.4) is 0 Å². The van der Waals surface area contributed by atoms with Gasteiger partial charge >= 0.3 is 0 Å². The van der Waals surface area contributed by atoms with E-state index < -0.39 is 0 Å². The van der Waals surface area contributed by atoms with Gasteiger partial charge in [-0.25, -0.2) is 0 Å². The molecular weight excluding hydrogens is 304 g/mol. The monoisotopic (exact) mass is 334 g/mol. The molecule has 1 unspecified atom stereocenters. The Labute approximate surface area is 145 Å². The van der Waals surface area contributed by atoms with Crippen LogP contribution in [0.5, 0.6) is 11.5 Å². The van der Waals surface area contributed by atoms with E-state index >= 15 is 0 Å². The third-order valence-corrected chi connectivity index (χ3v) is 4.09. The summed E-state index contributed by atoms with van der Waals surface area (Å²) in [5, 5.41) is 6.82. The van der Waals surface area contributed by atoms with Crippen LogP contribution < -0.4 is 20.1 Å². The number of aliphatic imine (C=N–C) groups is 1. The van der Waals surface area contributed by atoms with Gasteiger partial charge in [0, 0.05) is 44.8 Å². The average Bonchev–Trinajstić information content (AvgIpc) is 3.01. The largest absolute Gasteiger partial charge is 0.497 e. The molecule has 1 heterocycles. The van der Waals surface area contributed by atoms with Gasteiger partial charge in [-0.15, -0.1) is 0 Å². The highest BCUT2D eigenvalue weighted by Gasteiger charge is 2.23. The molecule has 1 aliphatic heterocycles. The van der Waals surface area contributed by atoms with Crippen LogP contribution in [0.15, 0.2) is 23.2 Å². The molecule has 1 fully saturated rings. The maximum Gasteiger partial charge on any atom is 0.191 e. The number of hydrogen-bond acceptors (Lipinski definition) is 4. The highest BCUT2D eigenvalue weighted by Crippen LogP contribution is 2.24. The number of ether oxygens (including phenoxy) is 2. The lowest BCUT2D eigenvalue weighted by Gasteiger charge is -2.19. The Kier molecular flexibility index (Phi) is 7.18. The standard InChI is InChI=1S/C18H30N4O2/c1-5-19-18(20-6-2)21-15-7-8-22(13-15)12-14-9-16(23-3)11-17(10-14)24-4/h9-11,15H,5-8,12-13H2,1-4H3,(H2,19,20,21). The first-order valence-corrected chi connectivity index (χ1v) is 8.67. The normalized spacial score (nSPS) is 18.5. The fourth-order valence-electron chi connectivity index (χ4n) is 2.98. The second kappa shape index (κ2) is 9.37. The number of guanidine groups is 1. The van der Waals surface area contributed by atoms with E-state index in [1.807, 2.05) is 6.07 Å². The summed E-state index contributed by atoms with van der Waals surface area (Å²) in [7, 11) is 3.37. The first kappa shape index (κ1) is 18.4. The highest BCUT2D eigenvalue weighted by atomic mass is 16.5. The number of nitrogens with one attached hydrogen (secondary N) is 2. The van der Waals surface area contributed by atoms with Crippen LogP contribution in [-0.4, -0.2) is 57.3 Å². The molecular formula is C18H30N4O2. The van der Waals surface area contributed by atoms with Crippen molar-refractivity contribution in [3.63, 3.8) is 0 Å². The Morgan fingerprint density at radius 2 is 1.92 bits per heavy atom. The van der Waals surface area contributed by atoms with Gasteiger partial charge < -0.3 is 20.1 Å². The average molecular weight is 334 g/mol. The third kappa shape index (κ3) is 5.30. The molecule has 0 bridgehead atoms. The van der Waals surface area contributed by atoms with E-state index in [-0.39, 0.29) is 0 Å². The van der Waals surface area contributed by atoms with Gasteiger partial charge in [0.15, 0.2) is 5.96 Å². The van der Waals surface area contributed by atoms with Crippen LogP contribution in [-0.2, 0) is 6.54 Å². The molecule has 6 heteroatoms. The number of benzene rings is 1. The van der Waals surface area contributed by atoms with Crippen molar-refractivity contribution in [3.05, 3.63) is 23.8 Å². The maximum absolute atomic E-state index is 5.35. The topological polar surface area (TPSA) is 58.1 Å². The predicted molar refractivity (Wildman–Crippen MR) is 98.0 cm³/mol. The second-order valence-electron chi connectivity index (χ2n) is 5.94. The van der Waals surface area contributed by atoms with Gasteiger partial charge in [-0.05, 0) is 38.0 Å². The van der Waals surface area contributed by atoms with E-state index in [1.165, 1.54) is 5.56 Å². The summed E-state index contributed by atoms with van der Waals surface area (Å²) in [5.41, 5.74) is 1.21. The summed E-state index contributed by atoms with van der Waals surface area (Å²) in [6, 6.07) is 6.49. The van der Waals surface area contributed by atoms with Crippen molar-refractivity contribution in [2.45, 2.75) is 32.9 Å². The molecule has 0 amide bonds. The van der Waals surface area contributed by atoms with Gasteiger partial charge in [0.2, 0.25) is 0 Å². The molecule has 2 N–H and O–H groups in total. The van der Waals surface area contributed by atoms with E-state index in [0.29, 0.717) is 6.04 Å². The fourth-order valence-corrected chi connectivity index (χ4v) is 2.98. The minimum Gasteiger partial charge on any atom is -0.497 e. The van der Waals surface area contributed by atoms with Crippen molar-refractivity contribution >= 4 is 5.96 Å². The molecule has 0 aliphatic carbocycles. The van der Waals surface area contributed by atoms with Gasteiger partial charge in [-0.2, -0.15) is 0 Å². The zero-order chi connectivity index (χ0) is 17.4. The van der Waals surface area contributed by atoms with Crippen molar-refractivity contribution in [1.82, 2.24) is 15.5 Å². The maximum atomic E-state index is 5.35. The Bertz CT molecular complexity index is 526. The van der Waals surface area contributed by atoms with Gasteiger partial charge in [0.25, 0.3) is 0 Å². The van der Waals surface area contributed by atoms with Crippen molar-refractivity contribution < 1.29 is 9.47 Å². The quantitative estimate of drug-likeness (QED) is 0.589. The van der Waals surface area contributed by atoms with Crippen molar-refractivity contribution in [1.29, 1.82) is 0 Å². The number of likely N-dealkylation sites (tertiary alicyclic amines) is 1. The zero-order valence-corrected chi connectivity index (χ0v) is 15.3. The fraction of sp³-hybridized carbons (Fsp3) is 0.611. The van der Waals surface area contributed by atoms with Gasteiger partial charge in [0.05, 0.1) is 14.2 Å². The molecule has 6 nitrogen and oxygen atoms in total. The smallest absolute Gasteiger partial charge is 0.191 e. The summed E-state index contributed by atoms with van der Waals surface area (Å²) >= 11 is 0. The molecule has 2 rings (SSSR count). The molecule has 1 aromatic rings. The molecule has 1 atom stereocenters. The van der Waals surface area contributed by atoms with Crippen LogP contribution in [0.25, 0.3) is 0 Å². The van der Waals surface area contributed by atoms with E-state index in [1.54, 1.807) is 14.2 Å². The van der Waals surface area contributed by atoms with Crippen LogP contribution in [0.4, 0.5) is 0 Å². The zero-order valence-electron chi connectivity index (χ0n) is 15.3. The number of methoxy groups -OCH3 is 2. The molecule has 0 spiro atoms. The SMILES string of the molecule is CCN=C(NCC)NC1CCN(Cc2cc(OC)cc(OC)c2)C1. The summed E-state index contributed by atoms with van der Waals surface area (Å²) in [6.45, 7) is 8.78. The number of nitrogens with zero attached hydrogens (tertiary/aromatic N) is 2. The summed E-state index contributed by atoms with van der Waals surface area (Å²) in [5.74, 6) is 2.58. The molecule has 1 aromatic carbocycles. The molecule has 1 saturated heterocycles. The third-order valence-electron chi connectivity index (χ3n) is 4.09. The first-order chi connectivity index (χ1) is 11.7. The molecule has 1 aliphatic rings. The molecule has 24 heavy (non-hydrogen) atoms. The highest BCUT2D eigenvalue weighted by molar-refractivity contribution is 5.80. The van der Waals surface area contributed by atoms with Crippen molar-refractivity contribution in [3.8, 4) is 11.5 Å². The lowest BCUT2D eigenvalue weighted by molar-refractivity contribution is 0.321. The Morgan fingerprint density at radius 3 is 2.50 bits per heavy atom. The minimum absolute atomic E-state index is 0.432. The molecule has 0 radical (unpaired) electrons. The summed E-state index contributed by atoms with van der Waals surface area (Å²) in [4.78, 5) is 6.92. The lowest BCUT2D eigenvalue weighted by atomic mass is 10.2. The van der Waals surface area contributed by atoms with Crippen LogP contribution in [0.1, 0.15) is 25.8 Å². The van der Waals surface area contributed by atoms with Crippen LogP contribution in [0.2, 0.25) is 0 Å². The number of rotatable bonds is 7. The van der Waals surface area contributed by atoms with E-state index in [4.69, 9.17) is 9.47 Å². The van der Waals surface area contributed by atoms with Gasteiger partial charge in [0.1, 0.15) is 11.5 Å². The Morgan fingerprint density at radius 1 is 1.21 bits per heavy atom. The Balaban J connectivity index is 1.93. The Hall–Kier alpha value is -1.95. The van der Waals surface area contributed by atoms with Gasteiger partial charge in [-0.3, -0.25) is 9.89 Å². The van der Waals surface area contributed by atoms with E-state index in [2.05, 4.69) is 46.5 Å². The molecule has 134 valence electrons. The van der Waals surface area contributed by atoms with E-state index in [9.17, 15) is 0 Å². The number of hydrogen-bond donors (Lipinski definition) is 2. The second-order valence-corrected chi connectivity index (χ2v) is 5.94. The van der Waals surface area contributed by atoms with E-state index in [0.717, 1.165) is 56.6 Å². The van der Waals surface area contributed by atoms with Crippen LogP contribution >= 0.6 is 0 Å². The lowest BCUT2D eigenvalue weighted by Crippen LogP contribution is -2.44. The molecule has 0 saturated carbocycles. The minimum atomic E-state index is 0.432. The summed E-state index contributed by atoms with van der Waals surface area (Å²) in [6.07, 6.45) is 1.12. The summed E-state index contributed by atoms with van der Waals surface area (Å²) < 4.78 is 10.7.